The van der Waals surface area contributed by atoms with E-state index in [-0.39, 0.29) is 17.7 Å². The van der Waals surface area contributed by atoms with Crippen LogP contribution in [0.25, 0.3) is 0 Å². The number of para-hydroxylation sites is 1. The maximum Gasteiger partial charge on any atom is 0.227 e. The Bertz CT molecular complexity index is 808. The van der Waals surface area contributed by atoms with Crippen molar-refractivity contribution in [2.45, 2.75) is 25.7 Å². The smallest absolute Gasteiger partial charge is 0.227 e. The molecule has 0 atom stereocenters. The molecule has 2 aromatic carbocycles. The van der Waals surface area contributed by atoms with Gasteiger partial charge in [-0.3, -0.25) is 9.59 Å². The predicted molar refractivity (Wildman–Crippen MR) is 112 cm³/mol. The molecule has 0 spiro atoms. The Morgan fingerprint density at radius 2 is 1.62 bits per heavy atom. The molecule has 2 amide bonds. The van der Waals surface area contributed by atoms with Crippen LogP contribution in [-0.2, 0) is 16.0 Å². The van der Waals surface area contributed by atoms with Gasteiger partial charge in [0.05, 0.1) is 14.2 Å². The normalized spacial score (nSPS) is 14.3. The van der Waals surface area contributed by atoms with Crippen LogP contribution in [0.3, 0.4) is 0 Å². The molecule has 1 N–H and O–H groups in total. The third-order valence-corrected chi connectivity index (χ3v) is 5.30. The minimum Gasteiger partial charge on any atom is -0.497 e. The number of carbonyl (C=O) groups excluding carboxylic acids is 2. The highest BCUT2D eigenvalue weighted by atomic mass is 16.5. The van der Waals surface area contributed by atoms with Crippen LogP contribution in [0.5, 0.6) is 11.5 Å². The van der Waals surface area contributed by atoms with E-state index in [4.69, 9.17) is 9.47 Å². The summed E-state index contributed by atoms with van der Waals surface area (Å²) in [7, 11) is 3.23. The number of likely N-dealkylation sites (tertiary alicyclic amines) is 1. The Balaban J connectivity index is 1.47. The van der Waals surface area contributed by atoms with Gasteiger partial charge >= 0.3 is 0 Å². The van der Waals surface area contributed by atoms with Crippen LogP contribution in [0.4, 0.5) is 5.69 Å². The number of rotatable bonds is 7. The molecule has 0 aliphatic carbocycles. The molecular weight excluding hydrogens is 368 g/mol. The van der Waals surface area contributed by atoms with Crippen LogP contribution in [0.2, 0.25) is 0 Å². The number of ether oxygens (including phenoxy) is 2. The number of hydrogen-bond donors (Lipinski definition) is 1. The first kappa shape index (κ1) is 20.7. The first-order valence-electron chi connectivity index (χ1n) is 9.94. The molecule has 6 nitrogen and oxygen atoms in total. The molecule has 1 saturated heterocycles. The lowest BCUT2D eigenvalue weighted by atomic mass is 9.95. The molecule has 6 heteroatoms. The van der Waals surface area contributed by atoms with Gasteiger partial charge in [-0.15, -0.1) is 0 Å². The summed E-state index contributed by atoms with van der Waals surface area (Å²) in [5, 5.41) is 2.96. The average Bonchev–Trinajstić information content (AvgIpc) is 2.77. The molecule has 3 rings (SSSR count). The van der Waals surface area contributed by atoms with E-state index >= 15 is 0 Å². The second-order valence-corrected chi connectivity index (χ2v) is 7.23. The standard InChI is InChI=1S/C23H28N2O4/c1-28-20-14-17(15-21(16-20)29-2)8-9-22(26)25-12-10-18(11-13-25)23(27)24-19-6-4-3-5-7-19/h3-7,14-16,18H,8-13H2,1-2H3,(H,24,27). The Morgan fingerprint density at radius 3 is 2.21 bits per heavy atom. The van der Waals surface area contributed by atoms with Crippen LogP contribution >= 0.6 is 0 Å². The number of nitrogens with one attached hydrogen (secondary N) is 1. The lowest BCUT2D eigenvalue weighted by Crippen LogP contribution is -2.41. The second kappa shape index (κ2) is 9.96. The molecule has 154 valence electrons. The monoisotopic (exact) mass is 396 g/mol. The number of carbonyl (C=O) groups is 2. The summed E-state index contributed by atoms with van der Waals surface area (Å²) in [5.41, 5.74) is 1.82. The van der Waals surface area contributed by atoms with Crippen LogP contribution in [0.15, 0.2) is 48.5 Å². The lowest BCUT2D eigenvalue weighted by molar-refractivity contribution is -0.134. The number of nitrogens with zero attached hydrogens (tertiary/aromatic N) is 1. The van der Waals surface area contributed by atoms with Crippen molar-refractivity contribution < 1.29 is 19.1 Å². The van der Waals surface area contributed by atoms with Crippen molar-refractivity contribution in [1.29, 1.82) is 0 Å². The largest absolute Gasteiger partial charge is 0.497 e. The number of anilines is 1. The molecule has 1 aliphatic heterocycles. The zero-order valence-electron chi connectivity index (χ0n) is 17.0. The summed E-state index contributed by atoms with van der Waals surface area (Å²) in [6.07, 6.45) is 2.44. The topological polar surface area (TPSA) is 67.9 Å². The highest BCUT2D eigenvalue weighted by Gasteiger charge is 2.27. The third-order valence-electron chi connectivity index (χ3n) is 5.30. The van der Waals surface area contributed by atoms with Gasteiger partial charge in [0.2, 0.25) is 11.8 Å². The summed E-state index contributed by atoms with van der Waals surface area (Å²) >= 11 is 0. The molecule has 0 unspecified atom stereocenters. The fourth-order valence-corrected chi connectivity index (χ4v) is 3.58. The fourth-order valence-electron chi connectivity index (χ4n) is 3.58. The zero-order chi connectivity index (χ0) is 20.6. The van der Waals surface area contributed by atoms with Crippen molar-refractivity contribution in [3.63, 3.8) is 0 Å². The highest BCUT2D eigenvalue weighted by molar-refractivity contribution is 5.92. The number of methoxy groups -OCH3 is 2. The van der Waals surface area contributed by atoms with Gasteiger partial charge in [0.25, 0.3) is 0 Å². The molecule has 1 fully saturated rings. The van der Waals surface area contributed by atoms with Gasteiger partial charge < -0.3 is 19.7 Å². The molecule has 29 heavy (non-hydrogen) atoms. The summed E-state index contributed by atoms with van der Waals surface area (Å²) < 4.78 is 10.6. The zero-order valence-corrected chi connectivity index (χ0v) is 17.0. The van der Waals surface area contributed by atoms with Crippen LogP contribution in [0, 0.1) is 5.92 Å². The number of amides is 2. The van der Waals surface area contributed by atoms with Gasteiger partial charge in [-0.25, -0.2) is 0 Å². The number of piperidine rings is 1. The van der Waals surface area contributed by atoms with E-state index in [9.17, 15) is 9.59 Å². The van der Waals surface area contributed by atoms with Crippen molar-refractivity contribution in [2.75, 3.05) is 32.6 Å². The summed E-state index contributed by atoms with van der Waals surface area (Å²) in [6.45, 7) is 1.24. The maximum atomic E-state index is 12.6. The third kappa shape index (κ3) is 5.73. The summed E-state index contributed by atoms with van der Waals surface area (Å²) in [5.74, 6) is 1.54. The molecule has 2 aromatic rings. The first-order chi connectivity index (χ1) is 14.1. The average molecular weight is 396 g/mol. The van der Waals surface area contributed by atoms with Crippen molar-refractivity contribution in [3.05, 3.63) is 54.1 Å². The molecular formula is C23H28N2O4. The van der Waals surface area contributed by atoms with Gasteiger partial charge in [-0.05, 0) is 49.1 Å². The highest BCUT2D eigenvalue weighted by Crippen LogP contribution is 2.24. The Morgan fingerprint density at radius 1 is 1.00 bits per heavy atom. The van der Waals surface area contributed by atoms with Crippen molar-refractivity contribution >= 4 is 17.5 Å². The summed E-state index contributed by atoms with van der Waals surface area (Å²) in [6, 6.07) is 15.1. The van der Waals surface area contributed by atoms with Gasteiger partial charge in [0, 0.05) is 37.2 Å². The van der Waals surface area contributed by atoms with Crippen molar-refractivity contribution in [2.24, 2.45) is 5.92 Å². The molecule has 0 aromatic heterocycles. The minimum atomic E-state index is -0.0538. The maximum absolute atomic E-state index is 12.6. The summed E-state index contributed by atoms with van der Waals surface area (Å²) in [4.78, 5) is 26.9. The second-order valence-electron chi connectivity index (χ2n) is 7.23. The number of aryl methyl sites for hydroxylation is 1. The predicted octanol–water partition coefficient (Wildman–Crippen LogP) is 3.51. The van der Waals surface area contributed by atoms with E-state index in [0.29, 0.717) is 38.8 Å². The van der Waals surface area contributed by atoms with E-state index in [0.717, 1.165) is 22.7 Å². The van der Waals surface area contributed by atoms with E-state index in [1.165, 1.54) is 0 Å². The minimum absolute atomic E-state index is 0.0341. The van der Waals surface area contributed by atoms with Gasteiger partial charge in [0.15, 0.2) is 0 Å². The molecule has 0 radical (unpaired) electrons. The van der Waals surface area contributed by atoms with Crippen molar-refractivity contribution in [1.82, 2.24) is 4.90 Å². The van der Waals surface area contributed by atoms with Crippen LogP contribution in [-0.4, -0.2) is 44.0 Å². The molecule has 0 saturated carbocycles. The van der Waals surface area contributed by atoms with Crippen molar-refractivity contribution in [3.8, 4) is 11.5 Å². The van der Waals surface area contributed by atoms with E-state index in [1.807, 2.05) is 53.4 Å². The van der Waals surface area contributed by atoms with E-state index in [1.54, 1.807) is 14.2 Å². The van der Waals surface area contributed by atoms with Gasteiger partial charge in [-0.1, -0.05) is 18.2 Å². The van der Waals surface area contributed by atoms with E-state index < -0.39 is 0 Å². The SMILES string of the molecule is COc1cc(CCC(=O)N2CCC(C(=O)Nc3ccccc3)CC2)cc(OC)c1. The number of hydrogen-bond acceptors (Lipinski definition) is 4. The van der Waals surface area contributed by atoms with Gasteiger partial charge in [0.1, 0.15) is 11.5 Å². The molecule has 1 heterocycles. The Labute approximate surface area is 171 Å². The quantitative estimate of drug-likeness (QED) is 0.778. The fraction of sp³-hybridized carbons (Fsp3) is 0.391. The Kier molecular flexibility index (Phi) is 7.11. The van der Waals surface area contributed by atoms with E-state index in [2.05, 4.69) is 5.32 Å². The Hall–Kier alpha value is -3.02. The molecule has 0 bridgehead atoms. The van der Waals surface area contributed by atoms with Crippen LogP contribution in [0.1, 0.15) is 24.8 Å². The van der Waals surface area contributed by atoms with Crippen LogP contribution < -0.4 is 14.8 Å². The van der Waals surface area contributed by atoms with Gasteiger partial charge in [-0.2, -0.15) is 0 Å². The first-order valence-corrected chi connectivity index (χ1v) is 9.94. The number of benzene rings is 2. The lowest BCUT2D eigenvalue weighted by Gasteiger charge is -2.31. The molecule has 1 aliphatic rings.